The molecule has 1 atom stereocenters. The molecule has 0 heterocycles. The van der Waals surface area contributed by atoms with Crippen molar-refractivity contribution in [2.75, 3.05) is 6.54 Å². The average molecular weight is 347 g/mol. The van der Waals surface area contributed by atoms with E-state index in [1.54, 1.807) is 0 Å². The first-order valence-corrected chi connectivity index (χ1v) is 6.94. The number of hydrogen-bond donors (Lipinski definition) is 2. The molecule has 2 N–H and O–H groups in total. The lowest BCUT2D eigenvalue weighted by molar-refractivity contribution is -0.0499. The van der Waals surface area contributed by atoms with Crippen molar-refractivity contribution in [1.82, 2.24) is 5.32 Å². The third-order valence-corrected chi connectivity index (χ3v) is 3.21. The molecule has 2 rings (SSSR count). The van der Waals surface area contributed by atoms with E-state index in [0.717, 1.165) is 6.07 Å². The van der Waals surface area contributed by atoms with Crippen molar-refractivity contribution in [3.8, 4) is 5.75 Å². The van der Waals surface area contributed by atoms with Gasteiger partial charge in [-0.25, -0.2) is 13.2 Å². The van der Waals surface area contributed by atoms with Gasteiger partial charge in [0.25, 0.3) is 0 Å². The van der Waals surface area contributed by atoms with Crippen molar-refractivity contribution in [1.29, 1.82) is 0 Å². The number of rotatable bonds is 7. The van der Waals surface area contributed by atoms with Gasteiger partial charge in [-0.05, 0) is 23.8 Å². The molecule has 2 aromatic carbocycles. The Bertz CT molecular complexity index is 696. The van der Waals surface area contributed by atoms with E-state index in [0.29, 0.717) is 11.6 Å². The largest absolute Gasteiger partial charge is 0.435 e. The van der Waals surface area contributed by atoms with Crippen LogP contribution in [0.2, 0.25) is 0 Å². The van der Waals surface area contributed by atoms with E-state index in [9.17, 15) is 27.1 Å². The van der Waals surface area contributed by atoms with Crippen molar-refractivity contribution in [3.63, 3.8) is 0 Å². The highest BCUT2D eigenvalue weighted by molar-refractivity contribution is 5.30. The molecule has 0 aromatic heterocycles. The van der Waals surface area contributed by atoms with Crippen molar-refractivity contribution in [2.45, 2.75) is 19.3 Å². The molecule has 8 heteroatoms. The average Bonchev–Trinajstić information content (AvgIpc) is 2.51. The number of aliphatic hydroxyl groups is 1. The molecule has 0 aliphatic heterocycles. The quantitative estimate of drug-likeness (QED) is 0.595. The summed E-state index contributed by atoms with van der Waals surface area (Å²) in [6.45, 7) is -3.18. The summed E-state index contributed by atoms with van der Waals surface area (Å²) in [5.41, 5.74) is 0.210. The predicted molar refractivity (Wildman–Crippen MR) is 76.1 cm³/mol. The molecule has 0 radical (unpaired) electrons. The van der Waals surface area contributed by atoms with Gasteiger partial charge in [-0.15, -0.1) is 0 Å². The maximum absolute atomic E-state index is 13.5. The van der Waals surface area contributed by atoms with Gasteiger partial charge in [0.1, 0.15) is 11.6 Å². The molecule has 0 saturated heterocycles. The van der Waals surface area contributed by atoms with Crippen LogP contribution >= 0.6 is 0 Å². The summed E-state index contributed by atoms with van der Waals surface area (Å²) in [5.74, 6) is -3.48. The van der Waals surface area contributed by atoms with Crippen molar-refractivity contribution in [3.05, 3.63) is 65.0 Å². The Morgan fingerprint density at radius 1 is 1.00 bits per heavy atom. The highest BCUT2D eigenvalue weighted by Gasteiger charge is 2.12. The van der Waals surface area contributed by atoms with E-state index in [2.05, 4.69) is 10.1 Å². The van der Waals surface area contributed by atoms with Gasteiger partial charge in [-0.3, -0.25) is 0 Å². The number of nitrogens with one attached hydrogen (secondary N) is 1. The first kappa shape index (κ1) is 18.2. The van der Waals surface area contributed by atoms with Crippen molar-refractivity contribution >= 4 is 0 Å². The molecule has 130 valence electrons. The molecule has 0 aliphatic rings. The van der Waals surface area contributed by atoms with Gasteiger partial charge in [0.05, 0.1) is 6.10 Å². The van der Waals surface area contributed by atoms with Crippen LogP contribution in [0.1, 0.15) is 17.2 Å². The monoisotopic (exact) mass is 347 g/mol. The molecule has 0 aliphatic carbocycles. The normalized spacial score (nSPS) is 12.5. The standard InChI is InChI=1S/C16H14F5NO2/c17-12-6-14(19)13(18)5-10(12)7-22-8-15(23)9-2-1-3-11(4-9)24-16(20)21/h1-6,15-16,22-23H,7-8H2. The third kappa shape index (κ3) is 4.90. The Morgan fingerprint density at radius 3 is 2.42 bits per heavy atom. The fraction of sp³-hybridized carbons (Fsp3) is 0.250. The van der Waals surface area contributed by atoms with Crippen LogP contribution < -0.4 is 10.1 Å². The summed E-state index contributed by atoms with van der Waals surface area (Å²) in [6, 6.07) is 6.66. The SMILES string of the molecule is OC(CNCc1cc(F)c(F)cc1F)c1cccc(OC(F)F)c1. The molecule has 0 spiro atoms. The lowest BCUT2D eigenvalue weighted by Gasteiger charge is -2.14. The summed E-state index contributed by atoms with van der Waals surface area (Å²) in [6.07, 6.45) is -1.08. The summed E-state index contributed by atoms with van der Waals surface area (Å²) >= 11 is 0. The van der Waals surface area contributed by atoms with Crippen molar-refractivity contribution in [2.24, 2.45) is 0 Å². The second-order valence-electron chi connectivity index (χ2n) is 4.96. The van der Waals surface area contributed by atoms with Gasteiger partial charge < -0.3 is 15.2 Å². The second kappa shape index (κ2) is 8.07. The zero-order valence-corrected chi connectivity index (χ0v) is 12.3. The number of benzene rings is 2. The summed E-state index contributed by atoms with van der Waals surface area (Å²) in [5, 5.41) is 12.7. The number of halogens is 5. The molecule has 0 amide bonds. The van der Waals surface area contributed by atoms with Gasteiger partial charge >= 0.3 is 6.61 Å². The van der Waals surface area contributed by atoms with Gasteiger partial charge in [-0.1, -0.05) is 12.1 Å². The second-order valence-corrected chi connectivity index (χ2v) is 4.96. The van der Waals surface area contributed by atoms with E-state index in [1.165, 1.54) is 24.3 Å². The third-order valence-electron chi connectivity index (χ3n) is 3.21. The molecular formula is C16H14F5NO2. The lowest BCUT2D eigenvalue weighted by Crippen LogP contribution is -2.22. The topological polar surface area (TPSA) is 41.5 Å². The molecule has 1 unspecified atom stereocenters. The van der Waals surface area contributed by atoms with Gasteiger partial charge in [0.15, 0.2) is 11.6 Å². The van der Waals surface area contributed by atoms with E-state index < -0.39 is 30.2 Å². The zero-order valence-electron chi connectivity index (χ0n) is 12.3. The van der Waals surface area contributed by atoms with Crippen molar-refractivity contribution < 1.29 is 31.8 Å². The predicted octanol–water partition coefficient (Wildman–Crippen LogP) is 3.53. The van der Waals surface area contributed by atoms with Crippen LogP contribution in [0.3, 0.4) is 0 Å². The summed E-state index contributed by atoms with van der Waals surface area (Å²) in [7, 11) is 0. The minimum atomic E-state index is -2.98. The molecule has 24 heavy (non-hydrogen) atoms. The van der Waals surface area contributed by atoms with Crippen LogP contribution in [0.25, 0.3) is 0 Å². The summed E-state index contributed by atoms with van der Waals surface area (Å²) < 4.78 is 67.9. The van der Waals surface area contributed by atoms with Crippen LogP contribution in [0, 0.1) is 17.5 Å². The smallest absolute Gasteiger partial charge is 0.387 e. The number of aliphatic hydroxyl groups excluding tert-OH is 1. The Labute approximate surface area is 134 Å². The minimum absolute atomic E-state index is 0.0590. The number of hydrogen-bond acceptors (Lipinski definition) is 3. The Balaban J connectivity index is 1.94. The molecule has 2 aromatic rings. The summed E-state index contributed by atoms with van der Waals surface area (Å²) in [4.78, 5) is 0. The fourth-order valence-electron chi connectivity index (χ4n) is 2.06. The Hall–Kier alpha value is -2.19. The molecule has 0 bridgehead atoms. The first-order chi connectivity index (χ1) is 11.4. The van der Waals surface area contributed by atoms with Crippen LogP contribution in [0.4, 0.5) is 22.0 Å². The van der Waals surface area contributed by atoms with E-state index in [4.69, 9.17) is 0 Å². The molecular weight excluding hydrogens is 333 g/mol. The van der Waals surface area contributed by atoms with Gasteiger partial charge in [0, 0.05) is 24.7 Å². The first-order valence-electron chi connectivity index (χ1n) is 6.94. The number of ether oxygens (including phenoxy) is 1. The molecule has 0 fully saturated rings. The van der Waals surface area contributed by atoms with Crippen LogP contribution in [-0.4, -0.2) is 18.3 Å². The van der Waals surface area contributed by atoms with Gasteiger partial charge in [-0.2, -0.15) is 8.78 Å². The Morgan fingerprint density at radius 2 is 1.71 bits per heavy atom. The maximum atomic E-state index is 13.5. The van der Waals surface area contributed by atoms with Crippen LogP contribution in [0.15, 0.2) is 36.4 Å². The molecule has 3 nitrogen and oxygen atoms in total. The minimum Gasteiger partial charge on any atom is -0.435 e. The fourth-order valence-corrected chi connectivity index (χ4v) is 2.06. The highest BCUT2D eigenvalue weighted by Crippen LogP contribution is 2.21. The number of alkyl halides is 2. The highest BCUT2D eigenvalue weighted by atomic mass is 19.3. The molecule has 0 saturated carbocycles. The van der Waals surface area contributed by atoms with Crippen LogP contribution in [0.5, 0.6) is 5.75 Å². The van der Waals surface area contributed by atoms with Crippen LogP contribution in [-0.2, 0) is 6.54 Å². The van der Waals surface area contributed by atoms with E-state index in [-0.39, 0.29) is 24.4 Å². The van der Waals surface area contributed by atoms with Gasteiger partial charge in [0.2, 0.25) is 0 Å². The maximum Gasteiger partial charge on any atom is 0.387 e. The van der Waals surface area contributed by atoms with E-state index in [1.807, 2.05) is 0 Å². The lowest BCUT2D eigenvalue weighted by atomic mass is 10.1. The Kier molecular flexibility index (Phi) is 6.10. The zero-order chi connectivity index (χ0) is 17.7. The van der Waals surface area contributed by atoms with E-state index >= 15 is 0 Å².